The number of hydrogen-bond donors (Lipinski definition) is 1. The van der Waals surface area contributed by atoms with Gasteiger partial charge in [0, 0.05) is 18.4 Å². The molecule has 0 unspecified atom stereocenters. The Labute approximate surface area is 244 Å². The summed E-state index contributed by atoms with van der Waals surface area (Å²) in [6.45, 7) is 4.55. The summed E-state index contributed by atoms with van der Waals surface area (Å²) in [4.78, 5) is 9.71. The van der Waals surface area contributed by atoms with Gasteiger partial charge in [0.25, 0.3) is 0 Å². The summed E-state index contributed by atoms with van der Waals surface area (Å²) in [5, 5.41) is 13.6. The number of nitrogens with zero attached hydrogens (tertiary/aromatic N) is 4. The normalized spacial score (nSPS) is 10.8. The molecular formula is C35H29N5O2. The Morgan fingerprint density at radius 1 is 0.810 bits per heavy atom. The standard InChI is InChI=1S/C35H29N5O2/c1-23-19-26(21-36)20-24(2)32(23)37-35-38-33-31(17-18-40(33)22-25-9-13-29(41-3)14-10-25)34(39-35)42-30-15-11-28(12-16-30)27-7-5-4-6-8-27/h4-20H,22H2,1-3H3,(H,37,38,39). The third-order valence-corrected chi connectivity index (χ3v) is 7.17. The molecule has 2 heterocycles. The van der Waals surface area contributed by atoms with E-state index >= 15 is 0 Å². The number of aryl methyl sites for hydroxylation is 2. The monoisotopic (exact) mass is 551 g/mol. The van der Waals surface area contributed by atoms with Gasteiger partial charge >= 0.3 is 0 Å². The van der Waals surface area contributed by atoms with Gasteiger partial charge in [-0.2, -0.15) is 15.2 Å². The fourth-order valence-corrected chi connectivity index (χ4v) is 5.02. The van der Waals surface area contributed by atoms with Gasteiger partial charge in [0.15, 0.2) is 0 Å². The van der Waals surface area contributed by atoms with Gasteiger partial charge in [0.2, 0.25) is 11.8 Å². The average Bonchev–Trinajstić information content (AvgIpc) is 3.42. The van der Waals surface area contributed by atoms with E-state index in [2.05, 4.69) is 28.1 Å². The molecule has 7 heteroatoms. The molecule has 0 saturated heterocycles. The highest BCUT2D eigenvalue weighted by molar-refractivity contribution is 5.84. The number of aromatic nitrogens is 3. The Kier molecular flexibility index (Phi) is 7.27. The first-order valence-corrected chi connectivity index (χ1v) is 13.6. The van der Waals surface area contributed by atoms with Crippen molar-refractivity contribution >= 4 is 22.7 Å². The number of methoxy groups -OCH3 is 1. The molecule has 7 nitrogen and oxygen atoms in total. The van der Waals surface area contributed by atoms with Crippen molar-refractivity contribution in [3.63, 3.8) is 0 Å². The fraction of sp³-hybridized carbons (Fsp3) is 0.114. The van der Waals surface area contributed by atoms with E-state index in [0.29, 0.717) is 29.7 Å². The van der Waals surface area contributed by atoms with Crippen molar-refractivity contribution in [2.45, 2.75) is 20.4 Å². The summed E-state index contributed by atoms with van der Waals surface area (Å²) in [5.41, 5.74) is 7.44. The molecule has 2 aromatic heterocycles. The van der Waals surface area contributed by atoms with E-state index in [4.69, 9.17) is 19.4 Å². The van der Waals surface area contributed by atoms with Crippen molar-refractivity contribution in [1.82, 2.24) is 14.5 Å². The molecule has 0 aliphatic carbocycles. The van der Waals surface area contributed by atoms with Crippen LogP contribution in [0.15, 0.2) is 103 Å². The molecule has 0 radical (unpaired) electrons. The van der Waals surface area contributed by atoms with Crippen LogP contribution in [0.5, 0.6) is 17.4 Å². The van der Waals surface area contributed by atoms with Crippen LogP contribution in [0.2, 0.25) is 0 Å². The van der Waals surface area contributed by atoms with E-state index < -0.39 is 0 Å². The molecule has 42 heavy (non-hydrogen) atoms. The van der Waals surface area contributed by atoms with E-state index in [9.17, 15) is 5.26 Å². The molecule has 0 atom stereocenters. The molecule has 0 bridgehead atoms. The van der Waals surface area contributed by atoms with Crippen LogP contribution in [-0.4, -0.2) is 21.6 Å². The van der Waals surface area contributed by atoms with Crippen molar-refractivity contribution in [3.05, 3.63) is 126 Å². The number of benzene rings is 4. The molecular weight excluding hydrogens is 522 g/mol. The lowest BCUT2D eigenvalue weighted by molar-refractivity contribution is 0.414. The Bertz CT molecular complexity index is 1880. The average molecular weight is 552 g/mol. The minimum atomic E-state index is 0.406. The van der Waals surface area contributed by atoms with Gasteiger partial charge in [-0.05, 0) is 84.1 Å². The van der Waals surface area contributed by atoms with Crippen molar-refractivity contribution in [3.8, 4) is 34.6 Å². The highest BCUT2D eigenvalue weighted by atomic mass is 16.5. The van der Waals surface area contributed by atoms with Crippen LogP contribution in [0.1, 0.15) is 22.3 Å². The highest BCUT2D eigenvalue weighted by Crippen LogP contribution is 2.33. The summed E-state index contributed by atoms with van der Waals surface area (Å²) in [6.07, 6.45) is 2.00. The van der Waals surface area contributed by atoms with Crippen molar-refractivity contribution in [2.75, 3.05) is 12.4 Å². The first-order valence-electron chi connectivity index (χ1n) is 13.6. The van der Waals surface area contributed by atoms with E-state index in [0.717, 1.165) is 50.3 Å². The van der Waals surface area contributed by atoms with Gasteiger partial charge in [0.1, 0.15) is 17.1 Å². The number of nitrogens with one attached hydrogen (secondary N) is 1. The van der Waals surface area contributed by atoms with Crippen LogP contribution in [0.4, 0.5) is 11.6 Å². The van der Waals surface area contributed by atoms with E-state index in [-0.39, 0.29) is 0 Å². The lowest BCUT2D eigenvalue weighted by Gasteiger charge is -2.14. The SMILES string of the molecule is COc1ccc(Cn2ccc3c(Oc4ccc(-c5ccccc5)cc4)nc(Nc4c(C)cc(C#N)cc4C)nc32)cc1. The van der Waals surface area contributed by atoms with Gasteiger partial charge in [-0.1, -0.05) is 54.6 Å². The van der Waals surface area contributed by atoms with Crippen LogP contribution < -0.4 is 14.8 Å². The van der Waals surface area contributed by atoms with Gasteiger partial charge in [0.05, 0.1) is 24.1 Å². The van der Waals surface area contributed by atoms with Crippen molar-refractivity contribution in [2.24, 2.45) is 0 Å². The van der Waals surface area contributed by atoms with Crippen molar-refractivity contribution < 1.29 is 9.47 Å². The topological polar surface area (TPSA) is 85.0 Å². The second-order valence-electron chi connectivity index (χ2n) is 10.1. The van der Waals surface area contributed by atoms with Gasteiger partial charge in [-0.15, -0.1) is 0 Å². The molecule has 1 N–H and O–H groups in total. The third-order valence-electron chi connectivity index (χ3n) is 7.17. The van der Waals surface area contributed by atoms with Crippen LogP contribution in [0.3, 0.4) is 0 Å². The van der Waals surface area contributed by atoms with E-state index in [1.54, 1.807) is 7.11 Å². The van der Waals surface area contributed by atoms with Crippen LogP contribution >= 0.6 is 0 Å². The summed E-state index contributed by atoms with van der Waals surface area (Å²) in [5.74, 6) is 2.35. The van der Waals surface area contributed by atoms with E-state index in [1.165, 1.54) is 0 Å². The molecule has 6 aromatic rings. The summed E-state index contributed by atoms with van der Waals surface area (Å²) >= 11 is 0. The second kappa shape index (κ2) is 11.5. The predicted octanol–water partition coefficient (Wildman–Crippen LogP) is 8.18. The molecule has 0 aliphatic heterocycles. The predicted molar refractivity (Wildman–Crippen MR) is 165 cm³/mol. The maximum absolute atomic E-state index is 9.38. The number of rotatable bonds is 8. The number of ether oxygens (including phenoxy) is 2. The van der Waals surface area contributed by atoms with Crippen LogP contribution in [0.25, 0.3) is 22.2 Å². The maximum Gasteiger partial charge on any atom is 0.233 e. The van der Waals surface area contributed by atoms with Crippen molar-refractivity contribution in [1.29, 1.82) is 5.26 Å². The first kappa shape index (κ1) is 26.6. The van der Waals surface area contributed by atoms with Gasteiger partial charge in [-0.25, -0.2) is 0 Å². The largest absolute Gasteiger partial charge is 0.497 e. The molecule has 206 valence electrons. The molecule has 4 aromatic carbocycles. The lowest BCUT2D eigenvalue weighted by Crippen LogP contribution is -2.05. The molecule has 6 rings (SSSR count). The van der Waals surface area contributed by atoms with Gasteiger partial charge in [-0.3, -0.25) is 0 Å². The molecule has 0 fully saturated rings. The quantitative estimate of drug-likeness (QED) is 0.205. The number of anilines is 2. The number of hydrogen-bond acceptors (Lipinski definition) is 6. The lowest BCUT2D eigenvalue weighted by atomic mass is 10.1. The summed E-state index contributed by atoms with van der Waals surface area (Å²) < 4.78 is 13.8. The molecule has 0 spiro atoms. The second-order valence-corrected chi connectivity index (χ2v) is 10.1. The fourth-order valence-electron chi connectivity index (χ4n) is 5.02. The Morgan fingerprint density at radius 3 is 2.14 bits per heavy atom. The molecule has 0 aliphatic rings. The smallest absolute Gasteiger partial charge is 0.233 e. The number of nitriles is 1. The van der Waals surface area contributed by atoms with Crippen LogP contribution in [-0.2, 0) is 6.54 Å². The number of fused-ring (bicyclic) bond motifs is 1. The third kappa shape index (κ3) is 5.51. The zero-order valence-electron chi connectivity index (χ0n) is 23.6. The summed E-state index contributed by atoms with van der Waals surface area (Å²) in [7, 11) is 1.66. The zero-order valence-corrected chi connectivity index (χ0v) is 23.6. The maximum atomic E-state index is 9.38. The Morgan fingerprint density at radius 2 is 1.48 bits per heavy atom. The van der Waals surface area contributed by atoms with Gasteiger partial charge < -0.3 is 19.4 Å². The Hall–Kier alpha value is -5.61. The minimum Gasteiger partial charge on any atom is -0.497 e. The van der Waals surface area contributed by atoms with E-state index in [1.807, 2.05) is 105 Å². The molecule has 0 amide bonds. The minimum absolute atomic E-state index is 0.406. The highest BCUT2D eigenvalue weighted by Gasteiger charge is 2.16. The van der Waals surface area contributed by atoms with Crippen LogP contribution in [0, 0.1) is 25.2 Å². The first-order chi connectivity index (χ1) is 20.5. The Balaban J connectivity index is 1.38. The molecule has 0 saturated carbocycles. The zero-order chi connectivity index (χ0) is 29.1. The summed E-state index contributed by atoms with van der Waals surface area (Å²) in [6, 6.07) is 34.1.